The van der Waals surface area contributed by atoms with Crippen molar-refractivity contribution in [3.63, 3.8) is 0 Å². The van der Waals surface area contributed by atoms with Crippen molar-refractivity contribution in [1.29, 1.82) is 0 Å². The molecule has 1 aromatic rings. The smallest absolute Gasteiger partial charge is 0.283 e. The van der Waals surface area contributed by atoms with Crippen LogP contribution in [-0.2, 0) is 0 Å². The standard InChI is InChI=1S/C15H18ClN3O3/c16-10-4-5-11(14(6-10)19(21)22)15(20)18-7-9-2-1-3-13(17)12(9)8-18/h4-6,9,12-13H,1-3,7-8,17H2. The number of halogens is 1. The van der Waals surface area contributed by atoms with Crippen LogP contribution in [0.1, 0.15) is 29.6 Å². The normalized spacial score (nSPS) is 27.5. The molecule has 3 unspecified atom stereocenters. The van der Waals surface area contributed by atoms with Gasteiger partial charge in [-0.25, -0.2) is 0 Å². The highest BCUT2D eigenvalue weighted by Gasteiger charge is 2.41. The number of nitro benzene ring substituents is 1. The fourth-order valence-electron chi connectivity index (χ4n) is 3.69. The molecular formula is C15H18ClN3O3. The number of nitro groups is 1. The summed E-state index contributed by atoms with van der Waals surface area (Å²) in [4.78, 5) is 25.0. The first kappa shape index (κ1) is 15.2. The van der Waals surface area contributed by atoms with Crippen molar-refractivity contribution >= 4 is 23.2 Å². The van der Waals surface area contributed by atoms with Crippen molar-refractivity contribution < 1.29 is 9.72 Å². The third-order valence-corrected chi connectivity index (χ3v) is 5.06. The summed E-state index contributed by atoms with van der Waals surface area (Å²) in [6, 6.07) is 4.29. The van der Waals surface area contributed by atoms with E-state index in [1.54, 1.807) is 4.90 Å². The number of rotatable bonds is 2. The van der Waals surface area contributed by atoms with Crippen LogP contribution in [0.2, 0.25) is 5.02 Å². The van der Waals surface area contributed by atoms with Crippen molar-refractivity contribution in [1.82, 2.24) is 4.90 Å². The second kappa shape index (κ2) is 5.85. The number of hydrogen-bond acceptors (Lipinski definition) is 4. The van der Waals surface area contributed by atoms with Crippen LogP contribution in [0, 0.1) is 22.0 Å². The third kappa shape index (κ3) is 2.68. The van der Waals surface area contributed by atoms with Crippen molar-refractivity contribution in [2.45, 2.75) is 25.3 Å². The molecule has 2 fully saturated rings. The Morgan fingerprint density at radius 1 is 1.36 bits per heavy atom. The Morgan fingerprint density at radius 3 is 2.82 bits per heavy atom. The van der Waals surface area contributed by atoms with Crippen LogP contribution in [0.25, 0.3) is 0 Å². The van der Waals surface area contributed by atoms with E-state index in [-0.39, 0.29) is 28.2 Å². The summed E-state index contributed by atoms with van der Waals surface area (Å²) >= 11 is 5.80. The van der Waals surface area contributed by atoms with Gasteiger partial charge in [0.2, 0.25) is 0 Å². The molecule has 3 rings (SSSR count). The van der Waals surface area contributed by atoms with Crippen LogP contribution in [0.4, 0.5) is 5.69 Å². The molecule has 0 bridgehead atoms. The number of benzene rings is 1. The summed E-state index contributed by atoms with van der Waals surface area (Å²) in [7, 11) is 0. The Bertz CT molecular complexity index is 622. The van der Waals surface area contributed by atoms with Crippen molar-refractivity contribution in [3.8, 4) is 0 Å². The van der Waals surface area contributed by atoms with E-state index < -0.39 is 4.92 Å². The molecule has 1 aliphatic heterocycles. The zero-order valence-corrected chi connectivity index (χ0v) is 12.8. The van der Waals surface area contributed by atoms with E-state index in [4.69, 9.17) is 17.3 Å². The molecule has 1 aliphatic carbocycles. The van der Waals surface area contributed by atoms with Gasteiger partial charge in [0.25, 0.3) is 11.6 Å². The Kier molecular flexibility index (Phi) is 4.06. The van der Waals surface area contributed by atoms with Crippen LogP contribution in [0.15, 0.2) is 18.2 Å². The average Bonchev–Trinajstić information content (AvgIpc) is 2.92. The lowest BCUT2D eigenvalue weighted by atomic mass is 9.78. The minimum atomic E-state index is -0.562. The number of nitrogens with zero attached hydrogens (tertiary/aromatic N) is 2. The van der Waals surface area contributed by atoms with Crippen LogP contribution in [0.3, 0.4) is 0 Å². The zero-order chi connectivity index (χ0) is 15.9. The maximum absolute atomic E-state index is 12.7. The summed E-state index contributed by atoms with van der Waals surface area (Å²) < 4.78 is 0. The molecule has 1 saturated carbocycles. The van der Waals surface area contributed by atoms with Gasteiger partial charge in [0, 0.05) is 30.2 Å². The highest BCUT2D eigenvalue weighted by atomic mass is 35.5. The van der Waals surface area contributed by atoms with E-state index in [0.717, 1.165) is 19.3 Å². The Labute approximate surface area is 133 Å². The molecule has 0 radical (unpaired) electrons. The summed E-state index contributed by atoms with van der Waals surface area (Å²) in [5, 5.41) is 11.4. The largest absolute Gasteiger partial charge is 0.338 e. The van der Waals surface area contributed by atoms with Crippen LogP contribution in [-0.4, -0.2) is 34.9 Å². The Balaban J connectivity index is 1.85. The van der Waals surface area contributed by atoms with Gasteiger partial charge in [-0.3, -0.25) is 14.9 Å². The molecule has 22 heavy (non-hydrogen) atoms. The fraction of sp³-hybridized carbons (Fsp3) is 0.533. The van der Waals surface area contributed by atoms with E-state index in [0.29, 0.717) is 24.9 Å². The minimum Gasteiger partial charge on any atom is -0.338 e. The molecule has 1 saturated heterocycles. The van der Waals surface area contributed by atoms with Gasteiger partial charge in [-0.05, 0) is 36.8 Å². The molecule has 118 valence electrons. The van der Waals surface area contributed by atoms with Crippen molar-refractivity contribution in [3.05, 3.63) is 38.9 Å². The molecule has 2 aliphatic rings. The van der Waals surface area contributed by atoms with E-state index in [1.807, 2.05) is 0 Å². The second-order valence-electron chi connectivity index (χ2n) is 6.15. The number of likely N-dealkylation sites (tertiary alicyclic amines) is 1. The molecule has 0 spiro atoms. The molecule has 2 N–H and O–H groups in total. The lowest BCUT2D eigenvalue weighted by Crippen LogP contribution is -2.38. The number of carbonyl (C=O) groups excluding carboxylic acids is 1. The van der Waals surface area contributed by atoms with Crippen LogP contribution in [0.5, 0.6) is 0 Å². The molecule has 1 amide bonds. The van der Waals surface area contributed by atoms with E-state index in [9.17, 15) is 14.9 Å². The van der Waals surface area contributed by atoms with Gasteiger partial charge in [-0.2, -0.15) is 0 Å². The fourth-order valence-corrected chi connectivity index (χ4v) is 3.86. The molecule has 7 heteroatoms. The zero-order valence-electron chi connectivity index (χ0n) is 12.1. The molecular weight excluding hydrogens is 306 g/mol. The number of hydrogen-bond donors (Lipinski definition) is 1. The predicted octanol–water partition coefficient (Wildman–Crippen LogP) is 2.45. The highest BCUT2D eigenvalue weighted by Crippen LogP contribution is 2.36. The van der Waals surface area contributed by atoms with E-state index >= 15 is 0 Å². The molecule has 0 aromatic heterocycles. The Hall–Kier alpha value is -1.66. The van der Waals surface area contributed by atoms with Gasteiger partial charge >= 0.3 is 0 Å². The molecule has 1 aromatic carbocycles. The maximum atomic E-state index is 12.7. The number of nitrogens with two attached hydrogens (primary N) is 1. The SMILES string of the molecule is NC1CCCC2CN(C(=O)c3ccc(Cl)cc3[N+](=O)[O-])CC12. The molecule has 1 heterocycles. The topological polar surface area (TPSA) is 89.5 Å². The van der Waals surface area contributed by atoms with Gasteiger partial charge < -0.3 is 10.6 Å². The lowest BCUT2D eigenvalue weighted by molar-refractivity contribution is -0.385. The quantitative estimate of drug-likeness (QED) is 0.668. The lowest BCUT2D eigenvalue weighted by Gasteiger charge is -2.29. The number of carbonyl (C=O) groups is 1. The van der Waals surface area contributed by atoms with E-state index in [2.05, 4.69) is 0 Å². The molecule has 6 nitrogen and oxygen atoms in total. The summed E-state index contributed by atoms with van der Waals surface area (Å²) in [6.45, 7) is 1.22. The predicted molar refractivity (Wildman–Crippen MR) is 82.8 cm³/mol. The molecule has 3 atom stereocenters. The summed E-state index contributed by atoms with van der Waals surface area (Å²) in [5.41, 5.74) is 6.01. The first-order valence-corrected chi connectivity index (χ1v) is 7.84. The average molecular weight is 324 g/mol. The second-order valence-corrected chi connectivity index (χ2v) is 6.58. The van der Waals surface area contributed by atoms with Crippen LogP contribution >= 0.6 is 11.6 Å². The maximum Gasteiger partial charge on any atom is 0.283 e. The van der Waals surface area contributed by atoms with Crippen molar-refractivity contribution in [2.75, 3.05) is 13.1 Å². The van der Waals surface area contributed by atoms with Gasteiger partial charge in [-0.15, -0.1) is 0 Å². The summed E-state index contributed by atoms with van der Waals surface area (Å²) in [5.74, 6) is 0.424. The first-order valence-electron chi connectivity index (χ1n) is 7.46. The van der Waals surface area contributed by atoms with Crippen molar-refractivity contribution in [2.24, 2.45) is 17.6 Å². The van der Waals surface area contributed by atoms with Crippen LogP contribution < -0.4 is 5.73 Å². The summed E-state index contributed by atoms with van der Waals surface area (Å²) in [6.07, 6.45) is 3.15. The minimum absolute atomic E-state index is 0.0987. The highest BCUT2D eigenvalue weighted by molar-refractivity contribution is 6.31. The van der Waals surface area contributed by atoms with Gasteiger partial charge in [0.15, 0.2) is 0 Å². The Morgan fingerprint density at radius 2 is 2.14 bits per heavy atom. The number of fused-ring (bicyclic) bond motifs is 1. The van der Waals surface area contributed by atoms with Gasteiger partial charge in [-0.1, -0.05) is 18.0 Å². The number of amides is 1. The van der Waals surface area contributed by atoms with Gasteiger partial charge in [0.1, 0.15) is 5.56 Å². The monoisotopic (exact) mass is 323 g/mol. The van der Waals surface area contributed by atoms with E-state index in [1.165, 1.54) is 18.2 Å². The first-order chi connectivity index (χ1) is 10.5. The third-order valence-electron chi connectivity index (χ3n) is 4.83. The van der Waals surface area contributed by atoms with Gasteiger partial charge in [0.05, 0.1) is 4.92 Å².